The van der Waals surface area contributed by atoms with Gasteiger partial charge in [-0.3, -0.25) is 9.97 Å². The molecule has 0 unspecified atom stereocenters. The minimum absolute atomic E-state index is 0. The van der Waals surface area contributed by atoms with Gasteiger partial charge in [0.15, 0.2) is 11.6 Å². The Bertz CT molecular complexity index is 1510. The largest absolute Gasteiger partial charge is 1.00 e. The predicted molar refractivity (Wildman–Crippen MR) is 184 cm³/mol. The molecule has 0 bridgehead atoms. The number of halogens is 1. The van der Waals surface area contributed by atoms with Crippen LogP contribution in [0.4, 0.5) is 5.69 Å². The van der Waals surface area contributed by atoms with Crippen molar-refractivity contribution in [2.75, 3.05) is 57.5 Å². The second-order valence-electron chi connectivity index (χ2n) is 12.7. The van der Waals surface area contributed by atoms with E-state index < -0.39 is 5.60 Å². The van der Waals surface area contributed by atoms with E-state index >= 15 is 0 Å². The van der Waals surface area contributed by atoms with E-state index in [9.17, 15) is 5.11 Å². The monoisotopic (exact) mass is 716 g/mol. The van der Waals surface area contributed by atoms with Crippen molar-refractivity contribution in [3.8, 4) is 0 Å². The Morgan fingerprint density at radius 3 is 1.68 bits per heavy atom. The summed E-state index contributed by atoms with van der Waals surface area (Å²) in [5.41, 5.74) is 2.57. The molecule has 4 aromatic rings. The van der Waals surface area contributed by atoms with E-state index in [0.29, 0.717) is 0 Å². The first kappa shape index (κ1) is 38.1. The van der Waals surface area contributed by atoms with Crippen LogP contribution in [0, 0.1) is 0 Å². The van der Waals surface area contributed by atoms with Crippen LogP contribution in [0.15, 0.2) is 77.5 Å². The molecule has 9 nitrogen and oxygen atoms in total. The first-order valence-corrected chi connectivity index (χ1v) is 17.0. The van der Waals surface area contributed by atoms with Crippen LogP contribution >= 0.6 is 15.9 Å². The van der Waals surface area contributed by atoms with E-state index in [4.69, 9.17) is 18.9 Å². The average Bonchev–Trinajstić information content (AvgIpc) is 3.71. The Kier molecular flexibility index (Phi) is 14.4. The molecule has 1 N–H and O–H groups in total. The maximum atomic E-state index is 10.1. The number of hydrogen-bond acceptors (Lipinski definition) is 9. The Morgan fingerprint density at radius 1 is 0.702 bits per heavy atom. The molecule has 6 heterocycles. The topological polar surface area (TPSA) is 101 Å². The molecule has 4 fully saturated rings. The number of nitrogens with zero attached hydrogens (tertiary/aromatic N) is 3. The summed E-state index contributed by atoms with van der Waals surface area (Å²) in [5, 5.41) is 15.7. The van der Waals surface area contributed by atoms with E-state index in [2.05, 4.69) is 60.4 Å². The van der Waals surface area contributed by atoms with Crippen LogP contribution in [0.2, 0.25) is 0 Å². The first-order chi connectivity index (χ1) is 22.2. The fourth-order valence-electron chi connectivity index (χ4n) is 5.88. The van der Waals surface area contributed by atoms with E-state index in [-0.39, 0.29) is 41.1 Å². The molecule has 4 saturated heterocycles. The molecule has 248 valence electrons. The summed E-state index contributed by atoms with van der Waals surface area (Å²) in [4.78, 5) is 11.2. The number of piperidine rings is 2. The third-order valence-corrected chi connectivity index (χ3v) is 8.69. The molecule has 2 aromatic heterocycles. The molecule has 4 aliphatic rings. The Hall–Kier alpha value is -1.70. The number of para-hydroxylation sites is 2. The molecule has 0 radical (unpaired) electrons. The number of pyridine rings is 2. The van der Waals surface area contributed by atoms with Gasteiger partial charge in [-0.25, -0.2) is 0 Å². The summed E-state index contributed by atoms with van der Waals surface area (Å²) in [6.45, 7) is 11.9. The van der Waals surface area contributed by atoms with Crippen LogP contribution in [0.25, 0.3) is 21.8 Å². The number of ether oxygens (including phenoxy) is 4. The van der Waals surface area contributed by atoms with Gasteiger partial charge in [-0.05, 0) is 40.2 Å². The number of fused-ring (bicyclic) bond motifs is 2. The minimum Gasteiger partial charge on any atom is -0.850 e. The number of benzene rings is 2. The predicted octanol–water partition coefficient (Wildman–Crippen LogP) is 2.84. The van der Waals surface area contributed by atoms with Crippen molar-refractivity contribution in [3.63, 3.8) is 0 Å². The van der Waals surface area contributed by atoms with Gasteiger partial charge in [0, 0.05) is 79.5 Å². The Labute approximate surface area is 309 Å². The van der Waals surface area contributed by atoms with E-state index in [0.717, 1.165) is 93.8 Å². The number of nitrogens with one attached hydrogen (secondary N) is 1. The molecule has 0 amide bonds. The summed E-state index contributed by atoms with van der Waals surface area (Å²) in [6, 6.07) is 20.5. The van der Waals surface area contributed by atoms with Crippen molar-refractivity contribution in [2.45, 2.75) is 63.6 Å². The van der Waals surface area contributed by atoms with Gasteiger partial charge in [-0.15, -0.1) is 5.60 Å². The van der Waals surface area contributed by atoms with Gasteiger partial charge < -0.3 is 34.3 Å². The summed E-state index contributed by atoms with van der Waals surface area (Å²) in [5.74, 6) is -0.500. The molecule has 2 aromatic carbocycles. The van der Waals surface area contributed by atoms with Crippen LogP contribution in [0.1, 0.15) is 46.5 Å². The Morgan fingerprint density at radius 2 is 1.15 bits per heavy atom. The van der Waals surface area contributed by atoms with E-state index in [1.807, 2.05) is 42.6 Å². The zero-order chi connectivity index (χ0) is 32.5. The van der Waals surface area contributed by atoms with Crippen molar-refractivity contribution in [1.82, 2.24) is 15.3 Å². The van der Waals surface area contributed by atoms with Crippen molar-refractivity contribution >= 4 is 43.4 Å². The van der Waals surface area contributed by atoms with Gasteiger partial charge in [-0.1, -0.05) is 57.2 Å². The molecule has 4 aliphatic heterocycles. The maximum Gasteiger partial charge on any atom is 1.00 e. The van der Waals surface area contributed by atoms with Crippen LogP contribution in [0.5, 0.6) is 0 Å². The van der Waals surface area contributed by atoms with Crippen molar-refractivity contribution in [1.29, 1.82) is 0 Å². The molecule has 2 spiro atoms. The minimum atomic E-state index is -0.750. The van der Waals surface area contributed by atoms with Crippen LogP contribution in [-0.4, -0.2) is 79.7 Å². The second-order valence-corrected chi connectivity index (χ2v) is 13.6. The molecule has 0 atom stereocenters. The molecule has 0 aliphatic carbocycles. The summed E-state index contributed by atoms with van der Waals surface area (Å²) in [7, 11) is 0. The number of anilines is 1. The molecular formula is C36H46BrN4NaO5. The van der Waals surface area contributed by atoms with Crippen molar-refractivity contribution in [3.05, 3.63) is 77.5 Å². The van der Waals surface area contributed by atoms with Gasteiger partial charge in [0.25, 0.3) is 0 Å². The average molecular weight is 718 g/mol. The van der Waals surface area contributed by atoms with Gasteiger partial charge in [0.2, 0.25) is 0 Å². The SMILES string of the molecule is Brc1cccc2cccnc12.C1CC2(CCN1)OCCO2.CC(C)(C)[O-].[Na+].c1cnc2c(N3CCC4(CC3)OCCO4)cccc2c1. The van der Waals surface area contributed by atoms with Gasteiger partial charge in [0.05, 0.1) is 43.1 Å². The Balaban J connectivity index is 0.000000158. The van der Waals surface area contributed by atoms with Crippen LogP contribution < -0.4 is 44.9 Å². The van der Waals surface area contributed by atoms with E-state index in [1.165, 1.54) is 16.5 Å². The van der Waals surface area contributed by atoms with Gasteiger partial charge >= 0.3 is 29.6 Å². The van der Waals surface area contributed by atoms with Crippen molar-refractivity contribution < 1.29 is 53.6 Å². The first-order valence-electron chi connectivity index (χ1n) is 16.2. The number of aromatic nitrogens is 2. The smallest absolute Gasteiger partial charge is 0.850 e. The molecule has 0 saturated carbocycles. The summed E-state index contributed by atoms with van der Waals surface area (Å²) in [6.07, 6.45) is 7.53. The molecule has 11 heteroatoms. The van der Waals surface area contributed by atoms with Crippen LogP contribution in [-0.2, 0) is 18.9 Å². The van der Waals surface area contributed by atoms with Crippen molar-refractivity contribution in [2.24, 2.45) is 0 Å². The third-order valence-electron chi connectivity index (χ3n) is 8.05. The fourth-order valence-corrected chi connectivity index (χ4v) is 6.36. The van der Waals surface area contributed by atoms with E-state index in [1.54, 1.807) is 27.0 Å². The summed E-state index contributed by atoms with van der Waals surface area (Å²) < 4.78 is 23.7. The van der Waals surface area contributed by atoms with Crippen LogP contribution in [0.3, 0.4) is 0 Å². The second kappa shape index (κ2) is 17.8. The van der Waals surface area contributed by atoms with Gasteiger partial charge in [0.1, 0.15) is 0 Å². The third kappa shape index (κ3) is 11.2. The zero-order valence-electron chi connectivity index (χ0n) is 28.2. The molecular weight excluding hydrogens is 671 g/mol. The fraction of sp³-hybridized carbons (Fsp3) is 0.500. The number of hydrogen-bond donors (Lipinski definition) is 1. The summed E-state index contributed by atoms with van der Waals surface area (Å²) >= 11 is 3.43. The van der Waals surface area contributed by atoms with Gasteiger partial charge in [-0.2, -0.15) is 0 Å². The normalized spacial score (nSPS) is 19.6. The molecule has 47 heavy (non-hydrogen) atoms. The quantitative estimate of drug-likeness (QED) is 0.298. The standard InChI is InChI=1S/C16H18N2O2.C9H6BrN.C7H13NO2.C4H9O.Na/c1-3-13-4-2-8-17-15(13)14(5-1)18-9-6-16(7-10-18)19-11-12-20-16;10-8-5-1-3-7-4-2-6-11-9(7)8;1-3-8-4-2-7(1)9-5-6-10-7;1-4(2,3)5;/h1-5,8H,6-7,9-12H2;1-6H;8H,1-6H2;1-3H3;/q;;;-1;+1. The number of rotatable bonds is 1. The molecule has 8 rings (SSSR count). The maximum absolute atomic E-state index is 10.1. The zero-order valence-corrected chi connectivity index (χ0v) is 31.8.